The van der Waals surface area contributed by atoms with E-state index in [4.69, 9.17) is 0 Å². The van der Waals surface area contributed by atoms with Crippen LogP contribution in [0, 0.1) is 6.92 Å². The molecule has 0 bridgehead atoms. The third-order valence-corrected chi connectivity index (χ3v) is 3.53. The van der Waals surface area contributed by atoms with Crippen LogP contribution in [0.1, 0.15) is 40.7 Å². The molecule has 0 aliphatic carbocycles. The molecule has 20 heavy (non-hydrogen) atoms. The predicted octanol–water partition coefficient (Wildman–Crippen LogP) is 4.66. The molecule has 0 amide bonds. The van der Waals surface area contributed by atoms with Crippen molar-refractivity contribution in [1.29, 1.82) is 0 Å². The van der Waals surface area contributed by atoms with E-state index in [9.17, 15) is 4.79 Å². The van der Waals surface area contributed by atoms with Crippen molar-refractivity contribution in [1.82, 2.24) is 0 Å². The third-order valence-electron chi connectivity index (χ3n) is 3.53. The van der Waals surface area contributed by atoms with Crippen LogP contribution in [-0.2, 0) is 12.8 Å². The average molecular weight is 265 g/mol. The van der Waals surface area contributed by atoms with E-state index in [1.807, 2.05) is 30.3 Å². The summed E-state index contributed by atoms with van der Waals surface area (Å²) in [6.45, 7) is 3.83. The molecule has 0 atom stereocenters. The predicted molar refractivity (Wildman–Crippen MR) is 83.8 cm³/mol. The Morgan fingerprint density at radius 3 is 2.20 bits per heavy atom. The molecule has 0 aromatic heterocycles. The molecule has 0 saturated heterocycles. The molecule has 0 aliphatic heterocycles. The number of hydrogen-bond acceptors (Lipinski definition) is 1. The Kier molecular flexibility index (Phi) is 5.55. The van der Waals surface area contributed by atoms with Crippen LogP contribution in [0.3, 0.4) is 0 Å². The van der Waals surface area contributed by atoms with Gasteiger partial charge in [0, 0.05) is 12.0 Å². The van der Waals surface area contributed by atoms with Crippen molar-refractivity contribution in [2.45, 2.75) is 32.1 Å². The van der Waals surface area contributed by atoms with E-state index in [1.165, 1.54) is 11.1 Å². The van der Waals surface area contributed by atoms with Gasteiger partial charge in [0.25, 0.3) is 0 Å². The molecular weight excluding hydrogens is 244 g/mol. The van der Waals surface area contributed by atoms with Gasteiger partial charge >= 0.3 is 0 Å². The molecule has 0 aliphatic rings. The largest absolute Gasteiger partial charge is 0.294 e. The summed E-state index contributed by atoms with van der Waals surface area (Å²) >= 11 is 0. The van der Waals surface area contributed by atoms with Gasteiger partial charge in [0.05, 0.1) is 0 Å². The van der Waals surface area contributed by atoms with E-state index >= 15 is 0 Å². The van der Waals surface area contributed by atoms with Gasteiger partial charge in [0.2, 0.25) is 0 Å². The van der Waals surface area contributed by atoms with Crippen LogP contribution in [0.4, 0.5) is 0 Å². The van der Waals surface area contributed by atoms with Crippen LogP contribution in [0.2, 0.25) is 0 Å². The van der Waals surface area contributed by atoms with Crippen LogP contribution >= 0.6 is 0 Å². The molecule has 1 nitrogen and oxygen atoms in total. The van der Waals surface area contributed by atoms with Crippen molar-refractivity contribution in [3.63, 3.8) is 0 Å². The number of aryl methyl sites for hydroxylation is 1. The van der Waals surface area contributed by atoms with E-state index in [2.05, 4.69) is 31.2 Å². The molecule has 0 spiro atoms. The van der Waals surface area contributed by atoms with Crippen molar-refractivity contribution in [2.75, 3.05) is 0 Å². The van der Waals surface area contributed by atoms with Crippen molar-refractivity contribution >= 4 is 5.78 Å². The maximum absolute atomic E-state index is 12.0. The van der Waals surface area contributed by atoms with E-state index in [0.717, 1.165) is 31.2 Å². The van der Waals surface area contributed by atoms with E-state index in [0.29, 0.717) is 6.42 Å². The highest BCUT2D eigenvalue weighted by Crippen LogP contribution is 2.11. The summed E-state index contributed by atoms with van der Waals surface area (Å²) in [4.78, 5) is 12.0. The lowest BCUT2D eigenvalue weighted by Gasteiger charge is -2.03. The summed E-state index contributed by atoms with van der Waals surface area (Å²) in [5.41, 5.74) is 3.34. The second-order valence-corrected chi connectivity index (χ2v) is 5.06. The van der Waals surface area contributed by atoms with Crippen LogP contribution in [0.25, 0.3) is 0 Å². The molecule has 0 N–H and O–H groups in total. The summed E-state index contributed by atoms with van der Waals surface area (Å²) in [5, 5.41) is 0. The summed E-state index contributed by atoms with van der Waals surface area (Å²) in [6, 6.07) is 18.2. The Morgan fingerprint density at radius 1 is 0.850 bits per heavy atom. The lowest BCUT2D eigenvalue weighted by atomic mass is 10.0. The molecule has 103 valence electrons. The number of hydrogen-bond donors (Lipinski definition) is 0. The van der Waals surface area contributed by atoms with Crippen molar-refractivity contribution < 1.29 is 4.79 Å². The summed E-state index contributed by atoms with van der Waals surface area (Å²) < 4.78 is 0. The van der Waals surface area contributed by atoms with Gasteiger partial charge in [-0.2, -0.15) is 0 Å². The molecule has 2 aromatic rings. The maximum Gasteiger partial charge on any atom is 0.162 e. The molecule has 1 radical (unpaired) electrons. The second kappa shape index (κ2) is 7.64. The first-order chi connectivity index (χ1) is 9.79. The third kappa shape index (κ3) is 4.34. The Labute approximate surface area is 121 Å². The topological polar surface area (TPSA) is 17.1 Å². The standard InChI is InChI=1S/C19H21O/c1-2-16-12-14-18(15-13-16)19(20)11-7-6-10-17-8-4-3-5-9-17/h3-5,8-9,12-15H,1-2,6-7,10-11H2. The number of unbranched alkanes of at least 4 members (excludes halogenated alkanes) is 1. The number of benzene rings is 2. The van der Waals surface area contributed by atoms with Crippen molar-refractivity contribution in [2.24, 2.45) is 0 Å². The minimum atomic E-state index is 0.244. The van der Waals surface area contributed by atoms with Gasteiger partial charge < -0.3 is 0 Å². The fourth-order valence-electron chi connectivity index (χ4n) is 2.26. The summed E-state index contributed by atoms with van der Waals surface area (Å²) in [7, 11) is 0. The van der Waals surface area contributed by atoms with Crippen molar-refractivity contribution in [3.8, 4) is 0 Å². The van der Waals surface area contributed by atoms with Crippen LogP contribution in [-0.4, -0.2) is 5.78 Å². The lowest BCUT2D eigenvalue weighted by Crippen LogP contribution is -1.99. The van der Waals surface area contributed by atoms with Gasteiger partial charge in [0.1, 0.15) is 0 Å². The fraction of sp³-hybridized carbons (Fsp3) is 0.263. The number of Topliss-reactive ketones (excluding diaryl/α,β-unsaturated/α-hetero) is 1. The molecule has 2 aromatic carbocycles. The van der Waals surface area contributed by atoms with Gasteiger partial charge in [-0.3, -0.25) is 4.79 Å². The van der Waals surface area contributed by atoms with Gasteiger partial charge in [-0.25, -0.2) is 0 Å². The monoisotopic (exact) mass is 265 g/mol. The minimum Gasteiger partial charge on any atom is -0.294 e. The van der Waals surface area contributed by atoms with Crippen LogP contribution < -0.4 is 0 Å². The number of carbonyl (C=O) groups is 1. The SMILES string of the molecule is [CH2]Cc1ccc(C(=O)CCCCc2ccccc2)cc1. The highest BCUT2D eigenvalue weighted by molar-refractivity contribution is 5.96. The Hall–Kier alpha value is -1.89. The first kappa shape index (κ1) is 14.5. The zero-order valence-electron chi connectivity index (χ0n) is 11.8. The van der Waals surface area contributed by atoms with E-state index in [1.54, 1.807) is 0 Å². The lowest BCUT2D eigenvalue weighted by molar-refractivity contribution is 0.0979. The molecular formula is C19H21O. The fourth-order valence-corrected chi connectivity index (χ4v) is 2.26. The van der Waals surface area contributed by atoms with Crippen LogP contribution in [0.15, 0.2) is 54.6 Å². The smallest absolute Gasteiger partial charge is 0.162 e. The zero-order valence-corrected chi connectivity index (χ0v) is 11.8. The molecule has 0 fully saturated rings. The molecule has 2 rings (SSSR count). The molecule has 1 heteroatoms. The van der Waals surface area contributed by atoms with Crippen LogP contribution in [0.5, 0.6) is 0 Å². The van der Waals surface area contributed by atoms with E-state index < -0.39 is 0 Å². The second-order valence-electron chi connectivity index (χ2n) is 5.06. The first-order valence-electron chi connectivity index (χ1n) is 7.25. The Bertz CT molecular complexity index is 525. The van der Waals surface area contributed by atoms with E-state index in [-0.39, 0.29) is 5.78 Å². The number of carbonyl (C=O) groups excluding carboxylic acids is 1. The average Bonchev–Trinajstić information content (AvgIpc) is 2.52. The minimum absolute atomic E-state index is 0.244. The first-order valence-corrected chi connectivity index (χ1v) is 7.25. The summed E-state index contributed by atoms with van der Waals surface area (Å²) in [5.74, 6) is 0.244. The van der Waals surface area contributed by atoms with Gasteiger partial charge in [0.15, 0.2) is 5.78 Å². The zero-order chi connectivity index (χ0) is 14.2. The normalized spacial score (nSPS) is 10.4. The van der Waals surface area contributed by atoms with Gasteiger partial charge in [-0.1, -0.05) is 54.6 Å². The van der Waals surface area contributed by atoms with Gasteiger partial charge in [-0.15, -0.1) is 0 Å². The maximum atomic E-state index is 12.0. The quantitative estimate of drug-likeness (QED) is 0.525. The summed E-state index contributed by atoms with van der Waals surface area (Å²) in [6.07, 6.45) is 4.47. The molecule has 0 heterocycles. The van der Waals surface area contributed by atoms with Crippen molar-refractivity contribution in [3.05, 3.63) is 78.2 Å². The Morgan fingerprint density at radius 2 is 1.55 bits per heavy atom. The number of ketones is 1. The van der Waals surface area contributed by atoms with Gasteiger partial charge in [-0.05, 0) is 43.7 Å². The molecule has 0 saturated carbocycles. The Balaban J connectivity index is 1.74. The molecule has 0 unspecified atom stereocenters. The number of rotatable bonds is 7. The highest BCUT2D eigenvalue weighted by Gasteiger charge is 2.05. The highest BCUT2D eigenvalue weighted by atomic mass is 16.1.